The van der Waals surface area contributed by atoms with Gasteiger partial charge in [-0.15, -0.1) is 0 Å². The van der Waals surface area contributed by atoms with Gasteiger partial charge in [0.05, 0.1) is 41.6 Å². The Morgan fingerprint density at radius 2 is 1.43 bits per heavy atom. The number of halogens is 3. The normalized spacial score (nSPS) is 22.7. The average Bonchev–Trinajstić information content (AvgIpc) is 0.895. The molecule has 1 aliphatic carbocycles. The Hall–Kier alpha value is -6.81. The SMILES string of the molecule is CC(C)(C)[C@@H](CS(=O)(=O)N1CCN(C(=O)CCCCCCCCCCC(=O)N2CCN(C(=O)c3ccc(N=C4NC(C5CC5)=CN5C(c6cn[nH]c6)=CNC45)c(F)c3)CC2)CC1)N1C(=O)[C@@](C)(CC(=O)O)C[C@H](c2cccc(Cl)c2)[C@H]1c1ccc(Cl)cc1. The predicted molar refractivity (Wildman–Crippen MR) is 337 cm³/mol. The number of carboxylic acid groups (broad SMARTS) is 1. The number of sulfonamides is 1. The maximum absolute atomic E-state index is 15.7. The van der Waals surface area contributed by atoms with Crippen molar-refractivity contribution in [2.75, 3.05) is 58.1 Å². The van der Waals surface area contributed by atoms with Gasteiger partial charge in [-0.2, -0.15) is 9.40 Å². The number of aromatic amines is 1. The summed E-state index contributed by atoms with van der Waals surface area (Å²) in [4.78, 5) is 81.3. The van der Waals surface area contributed by atoms with Crippen LogP contribution in [0.3, 0.4) is 0 Å². The van der Waals surface area contributed by atoms with Crippen LogP contribution in [0.2, 0.25) is 10.0 Å². The molecule has 4 amide bonds. The summed E-state index contributed by atoms with van der Waals surface area (Å²) < 4.78 is 46.4. The van der Waals surface area contributed by atoms with E-state index in [0.29, 0.717) is 60.8 Å². The van der Waals surface area contributed by atoms with Gasteiger partial charge in [-0.25, -0.2) is 17.8 Å². The topological polar surface area (TPSA) is 224 Å². The van der Waals surface area contributed by atoms with Crippen molar-refractivity contribution in [3.8, 4) is 0 Å². The number of hydrogen-bond donors (Lipinski definition) is 4. The lowest BCUT2D eigenvalue weighted by molar-refractivity contribution is -0.162. The Morgan fingerprint density at radius 1 is 0.807 bits per heavy atom. The predicted octanol–water partition coefficient (Wildman–Crippen LogP) is 10.3. The van der Waals surface area contributed by atoms with Crippen molar-refractivity contribution in [3.05, 3.63) is 135 Å². The number of rotatable bonds is 23. The maximum Gasteiger partial charge on any atom is 0.304 e. The highest BCUT2D eigenvalue weighted by Crippen LogP contribution is 2.54. The number of allylic oxidation sites excluding steroid dienone is 1. The van der Waals surface area contributed by atoms with E-state index in [1.165, 1.54) is 10.4 Å². The molecule has 6 heterocycles. The zero-order valence-electron chi connectivity index (χ0n) is 50.7. The van der Waals surface area contributed by atoms with Gasteiger partial charge in [-0.05, 0) is 91.1 Å². The number of amidine groups is 1. The van der Waals surface area contributed by atoms with E-state index in [-0.39, 0.29) is 67.7 Å². The fraction of sp³-hybridized carbons (Fsp3) is 0.523. The number of nitrogens with one attached hydrogen (secondary N) is 3. The summed E-state index contributed by atoms with van der Waals surface area (Å²) >= 11 is 12.9. The monoisotopic (exact) mass is 1270 g/mol. The third kappa shape index (κ3) is 15.1. The minimum atomic E-state index is -4.02. The molecule has 0 radical (unpaired) electrons. The number of amides is 4. The number of aromatic nitrogens is 2. The van der Waals surface area contributed by atoms with Crippen molar-refractivity contribution in [1.29, 1.82) is 0 Å². The first-order chi connectivity index (χ1) is 42.1. The van der Waals surface area contributed by atoms with E-state index in [1.54, 1.807) is 58.2 Å². The number of hydrogen-bond acceptors (Lipinski definition) is 11. The molecule has 3 aromatic carbocycles. The molecule has 5 aliphatic heterocycles. The maximum atomic E-state index is 15.7. The van der Waals surface area contributed by atoms with Gasteiger partial charge in [0.25, 0.3) is 5.91 Å². The molecule has 1 saturated carbocycles. The Balaban J connectivity index is 0.622. The zero-order valence-corrected chi connectivity index (χ0v) is 53.1. The van der Waals surface area contributed by atoms with Gasteiger partial charge in [-0.3, -0.25) is 29.1 Å². The number of unbranched alkanes of at least 4 members (excludes halogenated alkanes) is 7. The van der Waals surface area contributed by atoms with Crippen LogP contribution in [0.5, 0.6) is 0 Å². The van der Waals surface area contributed by atoms with E-state index in [4.69, 9.17) is 28.2 Å². The van der Waals surface area contributed by atoms with Gasteiger partial charge < -0.3 is 40.2 Å². The van der Waals surface area contributed by atoms with E-state index >= 15 is 9.18 Å². The Kier molecular flexibility index (Phi) is 20.1. The molecule has 6 aliphatic rings. The molecular weight excluding hydrogens is 1180 g/mol. The molecule has 88 heavy (non-hydrogen) atoms. The number of nitrogens with zero attached hydrogens (tertiary/aromatic N) is 8. The molecule has 0 spiro atoms. The number of benzene rings is 3. The first-order valence-corrected chi connectivity index (χ1v) is 33.4. The zero-order chi connectivity index (χ0) is 62.5. The van der Waals surface area contributed by atoms with Crippen LogP contribution in [0.15, 0.2) is 102 Å². The van der Waals surface area contributed by atoms with Gasteiger partial charge in [0.15, 0.2) is 12.0 Å². The van der Waals surface area contributed by atoms with E-state index in [2.05, 4.69) is 31.9 Å². The molecule has 4 N–H and O–H groups in total. The molecule has 4 fully saturated rings. The summed E-state index contributed by atoms with van der Waals surface area (Å²) in [6.45, 7) is 9.66. The standard InChI is InChI=1S/C65H82Cl2FN11O8S/c1-64(2,3)55(79-59(44-20-23-48(66)24-21-44)50(45-14-13-15-49(67)34-45)36-65(4,63(79)85)37-58(82)83)42-88(86,87)77-32-30-75(31-33-77)57(81)17-12-10-8-6-5-7-9-11-16-56(80)74-26-28-76(29-27-74)62(84)46-22-25-52(51(68)35-46)72-60-61-69-40-54(47-38-70-71-39-47)78(61)41-53(73-60)43-18-19-43/h13-15,20-25,34-35,38-41,43,50,55,59,61,69H,5-12,16-19,26-33,36-37,42H2,1-4H3,(H,70,71)(H,72,73)(H,82,83)/t50-,55-,59-,61?,65-/m1/s1. The summed E-state index contributed by atoms with van der Waals surface area (Å²) in [6.07, 6.45) is 17.3. The lowest BCUT2D eigenvalue weighted by atomic mass is 9.66. The van der Waals surface area contributed by atoms with E-state index in [1.807, 2.05) is 68.4 Å². The number of aliphatic imine (C=N–C) groups is 1. The number of aliphatic carboxylic acids is 1. The fourth-order valence-electron chi connectivity index (χ4n) is 13.1. The third-order valence-corrected chi connectivity index (χ3v) is 20.6. The number of carbonyl (C=O) groups excluding carboxylic acids is 4. The summed E-state index contributed by atoms with van der Waals surface area (Å²) in [7, 11) is -4.02. The number of carboxylic acids is 1. The van der Waals surface area contributed by atoms with Crippen molar-refractivity contribution in [2.24, 2.45) is 21.7 Å². The Bertz CT molecular complexity index is 3410. The second-order valence-corrected chi connectivity index (χ2v) is 28.7. The largest absolute Gasteiger partial charge is 0.481 e. The number of H-pyrrole nitrogens is 1. The Labute approximate surface area is 525 Å². The number of carbonyl (C=O) groups is 5. The molecule has 0 bridgehead atoms. The second kappa shape index (κ2) is 27.5. The fourth-order valence-corrected chi connectivity index (χ4v) is 15.5. The van der Waals surface area contributed by atoms with Crippen LogP contribution in [0, 0.1) is 22.6 Å². The second-order valence-electron chi connectivity index (χ2n) is 25.8. The van der Waals surface area contributed by atoms with Crippen molar-refractivity contribution in [2.45, 2.75) is 142 Å². The van der Waals surface area contributed by atoms with Gasteiger partial charge in [-0.1, -0.05) is 114 Å². The molecular formula is C65H82Cl2FN11O8S. The molecule has 10 rings (SSSR count). The van der Waals surface area contributed by atoms with Crippen molar-refractivity contribution < 1.29 is 41.9 Å². The molecule has 3 saturated heterocycles. The summed E-state index contributed by atoms with van der Waals surface area (Å²) in [5.41, 5.74) is 2.61. The molecule has 19 nitrogen and oxygen atoms in total. The van der Waals surface area contributed by atoms with Crippen molar-refractivity contribution >= 4 is 80.0 Å². The lowest BCUT2D eigenvalue weighted by Gasteiger charge is -2.54. The average molecular weight is 1270 g/mol. The highest BCUT2D eigenvalue weighted by atomic mass is 35.5. The van der Waals surface area contributed by atoms with Crippen LogP contribution >= 0.6 is 23.2 Å². The van der Waals surface area contributed by atoms with Crippen LogP contribution < -0.4 is 10.6 Å². The quantitative estimate of drug-likeness (QED) is 0.0509. The smallest absolute Gasteiger partial charge is 0.304 e. The molecule has 1 unspecified atom stereocenters. The first kappa shape index (κ1) is 64.2. The number of piperazine rings is 2. The minimum Gasteiger partial charge on any atom is -0.481 e. The number of fused-ring (bicyclic) bond motifs is 1. The molecule has 1 aromatic heterocycles. The van der Waals surface area contributed by atoms with E-state index < -0.39 is 68.7 Å². The lowest BCUT2D eigenvalue weighted by Crippen LogP contribution is -2.61. The molecule has 472 valence electrons. The molecule has 4 aromatic rings. The number of piperidine rings is 1. The highest BCUT2D eigenvalue weighted by Gasteiger charge is 2.55. The number of likely N-dealkylation sites (tertiary alicyclic amines) is 1. The van der Waals surface area contributed by atoms with Gasteiger partial charge in [0.2, 0.25) is 27.7 Å². The summed E-state index contributed by atoms with van der Waals surface area (Å²) in [5, 5.41) is 24.9. The van der Waals surface area contributed by atoms with Crippen LogP contribution in [-0.4, -0.2) is 158 Å². The summed E-state index contributed by atoms with van der Waals surface area (Å²) in [6, 6.07) is 17.3. The van der Waals surface area contributed by atoms with Gasteiger partial charge in [0, 0.05) is 123 Å². The van der Waals surface area contributed by atoms with Crippen LogP contribution in [-0.2, 0) is 29.2 Å². The third-order valence-electron chi connectivity index (χ3n) is 18.3. The first-order valence-electron chi connectivity index (χ1n) is 31.1. The van der Waals surface area contributed by atoms with Gasteiger partial charge >= 0.3 is 5.97 Å². The van der Waals surface area contributed by atoms with Crippen LogP contribution in [0.1, 0.15) is 157 Å². The Morgan fingerprint density at radius 3 is 2.01 bits per heavy atom. The van der Waals surface area contributed by atoms with E-state index in [9.17, 15) is 32.7 Å². The molecule has 23 heteroatoms. The van der Waals surface area contributed by atoms with Crippen molar-refractivity contribution in [1.82, 2.24) is 49.6 Å². The summed E-state index contributed by atoms with van der Waals surface area (Å²) in [5.74, 6) is -2.27. The van der Waals surface area contributed by atoms with E-state index in [0.717, 1.165) is 92.3 Å². The minimum absolute atomic E-state index is 0.00507. The van der Waals surface area contributed by atoms with Crippen LogP contribution in [0.4, 0.5) is 10.1 Å². The van der Waals surface area contributed by atoms with Crippen LogP contribution in [0.25, 0.3) is 5.70 Å². The van der Waals surface area contributed by atoms with Crippen molar-refractivity contribution in [3.63, 3.8) is 0 Å². The molecule has 5 atom stereocenters. The highest BCUT2D eigenvalue weighted by molar-refractivity contribution is 7.89. The van der Waals surface area contributed by atoms with Gasteiger partial charge in [0.1, 0.15) is 11.5 Å².